The average Bonchev–Trinajstić information content (AvgIpc) is 2.91. The average molecular weight is 545 g/mol. The molecule has 2 aromatic carbocycles. The third kappa shape index (κ3) is 7.42. The molecule has 1 heterocycles. The van der Waals surface area contributed by atoms with Crippen molar-refractivity contribution in [2.45, 2.75) is 37.1 Å². The number of allylic oxidation sites excluding steroid dienone is 2. The number of carbonyl (C=O) groups is 3. The summed E-state index contributed by atoms with van der Waals surface area (Å²) in [6.07, 6.45) is -3.85. The van der Waals surface area contributed by atoms with E-state index in [9.17, 15) is 39.9 Å². The molecule has 1 fully saturated rings. The molecule has 5 N–H and O–H groups in total. The van der Waals surface area contributed by atoms with Gasteiger partial charge in [0.1, 0.15) is 18.3 Å². The number of phenols is 1. The van der Waals surface area contributed by atoms with E-state index >= 15 is 0 Å². The maximum absolute atomic E-state index is 12.3. The standard InChI is InChI=1S/C27H28O12/c1-36-20-11-14(5-9-18(20)30)3-7-16(28)13-17(29)8-4-15-6-10-19(21(12-15)37-2)38-27-24(33)22(31)23(32)25(39-27)26(34)35/h3-12,22-25,27,30-33H,13H2,1-2H3,(H,34,35)/b7-3+,8-4+/t22-,23-,24-,25-,27+/m0/s1. The van der Waals surface area contributed by atoms with E-state index in [1.807, 2.05) is 0 Å². The van der Waals surface area contributed by atoms with Crippen LogP contribution in [0.4, 0.5) is 0 Å². The zero-order chi connectivity index (χ0) is 28.7. The van der Waals surface area contributed by atoms with E-state index in [0.717, 1.165) is 0 Å². The van der Waals surface area contributed by atoms with E-state index in [4.69, 9.17) is 18.9 Å². The monoisotopic (exact) mass is 544 g/mol. The second-order valence-electron chi connectivity index (χ2n) is 8.47. The molecule has 208 valence electrons. The Morgan fingerprint density at radius 2 is 1.38 bits per heavy atom. The minimum atomic E-state index is -1.86. The summed E-state index contributed by atoms with van der Waals surface area (Å²) >= 11 is 0. The Kier molecular flexibility index (Phi) is 9.79. The summed E-state index contributed by atoms with van der Waals surface area (Å²) < 4.78 is 20.9. The minimum Gasteiger partial charge on any atom is -0.504 e. The van der Waals surface area contributed by atoms with E-state index in [-0.39, 0.29) is 29.4 Å². The molecule has 1 saturated heterocycles. The van der Waals surface area contributed by atoms with Crippen molar-refractivity contribution in [1.82, 2.24) is 0 Å². The fourth-order valence-electron chi connectivity index (χ4n) is 3.63. The Bertz CT molecular complexity index is 1270. The molecule has 1 aliphatic rings. The number of ether oxygens (including phenoxy) is 4. The molecule has 0 spiro atoms. The van der Waals surface area contributed by atoms with Gasteiger partial charge in [0.25, 0.3) is 0 Å². The maximum Gasteiger partial charge on any atom is 0.335 e. The fourth-order valence-corrected chi connectivity index (χ4v) is 3.63. The van der Waals surface area contributed by atoms with Crippen LogP contribution in [0.15, 0.2) is 48.6 Å². The number of aromatic hydroxyl groups is 1. The van der Waals surface area contributed by atoms with Crippen LogP contribution in [0.25, 0.3) is 12.2 Å². The Hall–Kier alpha value is -4.23. The molecule has 3 rings (SSSR count). The highest BCUT2D eigenvalue weighted by molar-refractivity contribution is 6.10. The van der Waals surface area contributed by atoms with Crippen LogP contribution < -0.4 is 14.2 Å². The topological polar surface area (TPSA) is 189 Å². The van der Waals surface area contributed by atoms with Gasteiger partial charge in [-0.15, -0.1) is 0 Å². The summed E-state index contributed by atoms with van der Waals surface area (Å²) in [5.41, 5.74) is 1.10. The van der Waals surface area contributed by atoms with Crippen molar-refractivity contribution in [3.8, 4) is 23.0 Å². The highest BCUT2D eigenvalue weighted by Gasteiger charge is 2.48. The molecule has 39 heavy (non-hydrogen) atoms. The van der Waals surface area contributed by atoms with Crippen molar-refractivity contribution >= 4 is 29.7 Å². The number of aliphatic carboxylic acids is 1. The first-order valence-electron chi connectivity index (χ1n) is 11.6. The molecule has 12 heteroatoms. The number of aliphatic hydroxyl groups excluding tert-OH is 3. The van der Waals surface area contributed by atoms with Crippen molar-refractivity contribution in [1.29, 1.82) is 0 Å². The molecular weight excluding hydrogens is 516 g/mol. The molecular formula is C27H28O12. The van der Waals surface area contributed by atoms with Crippen LogP contribution in [-0.2, 0) is 19.1 Å². The summed E-state index contributed by atoms with van der Waals surface area (Å²) in [6.45, 7) is 0. The minimum absolute atomic E-state index is 0.0314. The molecule has 2 aromatic rings. The first-order chi connectivity index (χ1) is 18.5. The molecule has 0 unspecified atom stereocenters. The molecule has 0 amide bonds. The van der Waals surface area contributed by atoms with Gasteiger partial charge in [-0.1, -0.05) is 24.3 Å². The summed E-state index contributed by atoms with van der Waals surface area (Å²) in [5.74, 6) is -2.07. The number of benzene rings is 2. The van der Waals surface area contributed by atoms with Crippen LogP contribution in [0.2, 0.25) is 0 Å². The number of hydrogen-bond donors (Lipinski definition) is 5. The number of ketones is 2. The predicted octanol–water partition coefficient (Wildman–Crippen LogP) is 0.935. The smallest absolute Gasteiger partial charge is 0.335 e. The number of aliphatic hydroxyl groups is 3. The molecule has 0 aromatic heterocycles. The van der Waals surface area contributed by atoms with Crippen LogP contribution >= 0.6 is 0 Å². The van der Waals surface area contributed by atoms with Gasteiger partial charge in [-0.2, -0.15) is 0 Å². The van der Waals surface area contributed by atoms with Crippen molar-refractivity contribution in [2.75, 3.05) is 14.2 Å². The van der Waals surface area contributed by atoms with E-state index in [1.165, 1.54) is 62.8 Å². The largest absolute Gasteiger partial charge is 0.504 e. The fraction of sp³-hybridized carbons (Fsp3) is 0.296. The van der Waals surface area contributed by atoms with E-state index in [0.29, 0.717) is 11.1 Å². The maximum atomic E-state index is 12.3. The highest BCUT2D eigenvalue weighted by Crippen LogP contribution is 2.32. The van der Waals surface area contributed by atoms with Gasteiger partial charge in [-0.25, -0.2) is 4.79 Å². The zero-order valence-electron chi connectivity index (χ0n) is 21.0. The van der Waals surface area contributed by atoms with Gasteiger partial charge in [-0.3, -0.25) is 9.59 Å². The van der Waals surface area contributed by atoms with Crippen LogP contribution in [-0.4, -0.2) is 88.0 Å². The summed E-state index contributed by atoms with van der Waals surface area (Å²) in [7, 11) is 2.73. The van der Waals surface area contributed by atoms with Gasteiger partial charge >= 0.3 is 5.97 Å². The Balaban J connectivity index is 1.63. The second kappa shape index (κ2) is 13.0. The van der Waals surface area contributed by atoms with Gasteiger partial charge in [0, 0.05) is 0 Å². The molecule has 5 atom stereocenters. The number of methoxy groups -OCH3 is 2. The Morgan fingerprint density at radius 3 is 1.95 bits per heavy atom. The van der Waals surface area contributed by atoms with Crippen LogP contribution in [0.3, 0.4) is 0 Å². The van der Waals surface area contributed by atoms with Gasteiger partial charge in [0.05, 0.1) is 20.6 Å². The third-order valence-electron chi connectivity index (χ3n) is 5.72. The van der Waals surface area contributed by atoms with Crippen molar-refractivity contribution in [2.24, 2.45) is 0 Å². The van der Waals surface area contributed by atoms with Gasteiger partial charge in [0.15, 0.2) is 40.7 Å². The van der Waals surface area contributed by atoms with Crippen LogP contribution in [0, 0.1) is 0 Å². The van der Waals surface area contributed by atoms with Crippen molar-refractivity contribution in [3.63, 3.8) is 0 Å². The first kappa shape index (κ1) is 29.3. The molecule has 0 bridgehead atoms. The first-order valence-corrected chi connectivity index (χ1v) is 11.6. The second-order valence-corrected chi connectivity index (χ2v) is 8.47. The molecule has 0 saturated carbocycles. The highest BCUT2D eigenvalue weighted by atomic mass is 16.7. The number of carboxylic acid groups (broad SMARTS) is 1. The zero-order valence-corrected chi connectivity index (χ0v) is 21.0. The SMILES string of the molecule is COc1cc(/C=C/C(=O)CC(=O)/C=C/c2ccc(O[C@@H]3O[C@H](C(=O)O)[C@@H](O)[C@H](O)[C@@H]3O)c(OC)c2)ccc1O. The molecule has 0 radical (unpaired) electrons. The van der Waals surface area contributed by atoms with Crippen molar-refractivity contribution in [3.05, 3.63) is 59.7 Å². The Morgan fingerprint density at radius 1 is 0.821 bits per heavy atom. The molecule has 0 aliphatic carbocycles. The lowest BCUT2D eigenvalue weighted by Crippen LogP contribution is -2.61. The van der Waals surface area contributed by atoms with Crippen LogP contribution in [0.1, 0.15) is 17.5 Å². The molecule has 1 aliphatic heterocycles. The number of carbonyl (C=O) groups excluding carboxylic acids is 2. The lowest BCUT2D eigenvalue weighted by molar-refractivity contribution is -0.271. The number of hydrogen-bond acceptors (Lipinski definition) is 11. The lowest BCUT2D eigenvalue weighted by Gasteiger charge is -2.38. The van der Waals surface area contributed by atoms with E-state index in [2.05, 4.69) is 0 Å². The normalized spacial score (nSPS) is 23.1. The quantitative estimate of drug-likeness (QED) is 0.199. The number of rotatable bonds is 11. The van der Waals surface area contributed by atoms with E-state index in [1.54, 1.807) is 12.1 Å². The van der Waals surface area contributed by atoms with Crippen LogP contribution in [0.5, 0.6) is 23.0 Å². The third-order valence-corrected chi connectivity index (χ3v) is 5.72. The lowest BCUT2D eigenvalue weighted by atomic mass is 9.99. The predicted molar refractivity (Wildman–Crippen MR) is 135 cm³/mol. The van der Waals surface area contributed by atoms with Crippen molar-refractivity contribution < 1.29 is 58.9 Å². The molecule has 12 nitrogen and oxygen atoms in total. The summed E-state index contributed by atoms with van der Waals surface area (Å²) in [6, 6.07) is 8.96. The van der Waals surface area contributed by atoms with Gasteiger partial charge in [0.2, 0.25) is 6.29 Å². The van der Waals surface area contributed by atoms with Gasteiger partial charge in [-0.05, 0) is 47.5 Å². The number of phenolic OH excluding ortho intramolecular Hbond substituents is 1. The van der Waals surface area contributed by atoms with Gasteiger partial charge < -0.3 is 44.5 Å². The summed E-state index contributed by atoms with van der Waals surface area (Å²) in [5, 5.41) is 48.7. The van der Waals surface area contributed by atoms with E-state index < -0.39 is 48.2 Å². The Labute approximate surface area is 222 Å². The number of carboxylic acids is 1. The summed E-state index contributed by atoms with van der Waals surface area (Å²) in [4.78, 5) is 35.7.